The molecule has 0 heterocycles. The number of anilines is 1. The fraction of sp³-hybridized carbons (Fsp3) is 0.400. The van der Waals surface area contributed by atoms with Crippen molar-refractivity contribution >= 4 is 15.7 Å². The van der Waals surface area contributed by atoms with Gasteiger partial charge in [-0.05, 0) is 56.5 Å². The van der Waals surface area contributed by atoms with Crippen molar-refractivity contribution in [2.45, 2.75) is 33.8 Å². The largest absolute Gasteiger partial charge is 0.491 e. The van der Waals surface area contributed by atoms with E-state index in [1.54, 1.807) is 0 Å². The van der Waals surface area contributed by atoms with E-state index in [0.717, 1.165) is 28.5 Å². The van der Waals surface area contributed by atoms with Crippen molar-refractivity contribution < 1.29 is 18.3 Å². The minimum Gasteiger partial charge on any atom is -0.491 e. The number of aryl methyl sites for hydroxylation is 4. The summed E-state index contributed by atoms with van der Waals surface area (Å²) in [7, 11) is -3.54. The maximum atomic E-state index is 12.3. The Morgan fingerprint density at radius 2 is 1.65 bits per heavy atom. The molecule has 0 spiro atoms. The second kappa shape index (κ2) is 8.10. The molecule has 0 bridgehead atoms. The second-order valence-electron chi connectivity index (χ2n) is 6.82. The van der Waals surface area contributed by atoms with Gasteiger partial charge < -0.3 is 9.84 Å². The van der Waals surface area contributed by atoms with Crippen molar-refractivity contribution in [1.29, 1.82) is 0 Å². The van der Waals surface area contributed by atoms with Crippen molar-refractivity contribution in [3.8, 4) is 5.75 Å². The fourth-order valence-electron chi connectivity index (χ4n) is 3.10. The predicted molar refractivity (Wildman–Crippen MR) is 106 cm³/mol. The summed E-state index contributed by atoms with van der Waals surface area (Å²) >= 11 is 0. The summed E-state index contributed by atoms with van der Waals surface area (Å²) in [5.41, 5.74) is 4.47. The van der Waals surface area contributed by atoms with Crippen molar-refractivity contribution in [2.24, 2.45) is 0 Å². The first kappa shape index (κ1) is 20.3. The van der Waals surface area contributed by atoms with E-state index in [0.29, 0.717) is 11.4 Å². The number of sulfonamides is 1. The lowest BCUT2D eigenvalue weighted by Crippen LogP contribution is -2.40. The number of aliphatic hydroxyl groups is 1. The molecular weight excluding hydrogens is 350 g/mol. The van der Waals surface area contributed by atoms with Gasteiger partial charge in [-0.1, -0.05) is 29.8 Å². The van der Waals surface area contributed by atoms with Crippen LogP contribution in [0.2, 0.25) is 0 Å². The van der Waals surface area contributed by atoms with Gasteiger partial charge in [-0.3, -0.25) is 4.31 Å². The first-order valence-corrected chi connectivity index (χ1v) is 10.4. The summed E-state index contributed by atoms with van der Waals surface area (Å²) in [4.78, 5) is 0. The van der Waals surface area contributed by atoms with E-state index >= 15 is 0 Å². The Morgan fingerprint density at radius 3 is 2.19 bits per heavy atom. The molecule has 142 valence electrons. The van der Waals surface area contributed by atoms with Crippen LogP contribution in [0.15, 0.2) is 36.4 Å². The molecular formula is C20H27NO4S. The maximum Gasteiger partial charge on any atom is 0.232 e. The van der Waals surface area contributed by atoms with Crippen LogP contribution < -0.4 is 9.04 Å². The highest BCUT2D eigenvalue weighted by atomic mass is 32.2. The molecule has 26 heavy (non-hydrogen) atoms. The number of rotatable bonds is 7. The Labute approximate surface area is 156 Å². The quantitative estimate of drug-likeness (QED) is 0.805. The third-order valence-electron chi connectivity index (χ3n) is 4.09. The van der Waals surface area contributed by atoms with Gasteiger partial charge in [0.1, 0.15) is 18.5 Å². The van der Waals surface area contributed by atoms with Crippen LogP contribution in [0.4, 0.5) is 5.69 Å². The van der Waals surface area contributed by atoms with E-state index < -0.39 is 16.1 Å². The zero-order chi connectivity index (χ0) is 19.5. The van der Waals surface area contributed by atoms with Crippen LogP contribution in [0, 0.1) is 27.7 Å². The molecule has 0 aliphatic heterocycles. The molecule has 2 aromatic rings. The van der Waals surface area contributed by atoms with E-state index in [1.165, 1.54) is 4.31 Å². The third kappa shape index (κ3) is 5.22. The molecule has 5 nitrogen and oxygen atoms in total. The highest BCUT2D eigenvalue weighted by Crippen LogP contribution is 2.28. The first-order valence-electron chi connectivity index (χ1n) is 8.51. The lowest BCUT2D eigenvalue weighted by molar-refractivity contribution is 0.115. The van der Waals surface area contributed by atoms with Gasteiger partial charge in [-0.25, -0.2) is 8.42 Å². The van der Waals surface area contributed by atoms with Crippen molar-refractivity contribution in [3.63, 3.8) is 0 Å². The lowest BCUT2D eigenvalue weighted by Gasteiger charge is -2.28. The van der Waals surface area contributed by atoms with Crippen molar-refractivity contribution in [2.75, 3.05) is 23.7 Å². The minimum absolute atomic E-state index is 0.0133. The van der Waals surface area contributed by atoms with E-state index in [9.17, 15) is 13.5 Å². The van der Waals surface area contributed by atoms with Gasteiger partial charge in [0.15, 0.2) is 0 Å². The normalized spacial score (nSPS) is 12.7. The summed E-state index contributed by atoms with van der Waals surface area (Å²) in [6.45, 7) is 7.64. The lowest BCUT2D eigenvalue weighted by atomic mass is 10.0. The molecule has 0 aromatic heterocycles. The summed E-state index contributed by atoms with van der Waals surface area (Å²) in [6.07, 6.45) is 0.199. The predicted octanol–water partition coefficient (Wildman–Crippen LogP) is 3.13. The zero-order valence-corrected chi connectivity index (χ0v) is 16.8. The third-order valence-corrected chi connectivity index (χ3v) is 5.23. The molecule has 0 radical (unpaired) electrons. The van der Waals surface area contributed by atoms with Crippen LogP contribution >= 0.6 is 0 Å². The average Bonchev–Trinajstić information content (AvgIpc) is 2.50. The molecule has 2 rings (SSSR count). The molecule has 0 aliphatic rings. The zero-order valence-electron chi connectivity index (χ0n) is 16.0. The summed E-state index contributed by atoms with van der Waals surface area (Å²) in [5, 5.41) is 10.4. The fourth-order valence-corrected chi connectivity index (χ4v) is 4.16. The number of hydrogen-bond acceptors (Lipinski definition) is 4. The standard InChI is InChI=1S/C20H27NO4S/c1-14-7-6-8-19(11-14)25-13-18(22)12-21(26(5,23)24)20-16(3)9-15(2)10-17(20)4/h6-11,18,22H,12-13H2,1-5H3. The molecule has 6 heteroatoms. The monoisotopic (exact) mass is 377 g/mol. The van der Waals surface area contributed by atoms with E-state index in [1.807, 2.05) is 64.1 Å². The Bertz CT molecular complexity index is 854. The summed E-state index contributed by atoms with van der Waals surface area (Å²) < 4.78 is 31.6. The maximum absolute atomic E-state index is 12.3. The molecule has 1 atom stereocenters. The summed E-state index contributed by atoms with van der Waals surface area (Å²) in [5.74, 6) is 0.651. The molecule has 0 saturated carbocycles. The molecule has 0 fully saturated rings. The van der Waals surface area contributed by atoms with Crippen LogP contribution in [-0.4, -0.2) is 39.0 Å². The van der Waals surface area contributed by atoms with E-state index in [-0.39, 0.29) is 13.2 Å². The van der Waals surface area contributed by atoms with Gasteiger partial charge in [0.05, 0.1) is 18.5 Å². The first-order chi connectivity index (χ1) is 12.1. The van der Waals surface area contributed by atoms with Crippen LogP contribution in [0.1, 0.15) is 22.3 Å². The SMILES string of the molecule is Cc1cccc(OCC(O)CN(c2c(C)cc(C)cc2C)S(C)(=O)=O)c1. The minimum atomic E-state index is -3.54. The molecule has 0 aliphatic carbocycles. The molecule has 0 saturated heterocycles. The van der Waals surface area contributed by atoms with Gasteiger partial charge in [0, 0.05) is 0 Å². The molecule has 2 aromatic carbocycles. The smallest absolute Gasteiger partial charge is 0.232 e. The molecule has 0 amide bonds. The Balaban J connectivity index is 2.19. The van der Waals surface area contributed by atoms with Gasteiger partial charge >= 0.3 is 0 Å². The Kier molecular flexibility index (Phi) is 6.31. The highest BCUT2D eigenvalue weighted by Gasteiger charge is 2.24. The van der Waals surface area contributed by atoms with Crippen LogP contribution in [0.25, 0.3) is 0 Å². The number of aliphatic hydroxyl groups excluding tert-OH is 1. The number of nitrogens with zero attached hydrogens (tertiary/aromatic N) is 1. The van der Waals surface area contributed by atoms with Gasteiger partial charge in [0.2, 0.25) is 10.0 Å². The number of benzene rings is 2. The van der Waals surface area contributed by atoms with Gasteiger partial charge in [0.25, 0.3) is 0 Å². The van der Waals surface area contributed by atoms with E-state index in [4.69, 9.17) is 4.74 Å². The van der Waals surface area contributed by atoms with E-state index in [2.05, 4.69) is 0 Å². The topological polar surface area (TPSA) is 66.8 Å². The number of ether oxygens (including phenoxy) is 1. The van der Waals surface area contributed by atoms with Crippen molar-refractivity contribution in [1.82, 2.24) is 0 Å². The number of hydrogen-bond donors (Lipinski definition) is 1. The molecule has 1 N–H and O–H groups in total. The highest BCUT2D eigenvalue weighted by molar-refractivity contribution is 7.92. The van der Waals surface area contributed by atoms with Crippen LogP contribution in [-0.2, 0) is 10.0 Å². The van der Waals surface area contributed by atoms with Crippen LogP contribution in [0.5, 0.6) is 5.75 Å². The Hall–Kier alpha value is -2.05. The second-order valence-corrected chi connectivity index (χ2v) is 8.73. The van der Waals surface area contributed by atoms with Crippen molar-refractivity contribution in [3.05, 3.63) is 58.7 Å². The average molecular weight is 378 g/mol. The van der Waals surface area contributed by atoms with Gasteiger partial charge in [-0.15, -0.1) is 0 Å². The van der Waals surface area contributed by atoms with Gasteiger partial charge in [-0.2, -0.15) is 0 Å². The van der Waals surface area contributed by atoms with Crippen LogP contribution in [0.3, 0.4) is 0 Å². The Morgan fingerprint density at radius 1 is 1.04 bits per heavy atom. The molecule has 1 unspecified atom stereocenters. The summed E-state index contributed by atoms with van der Waals surface area (Å²) in [6, 6.07) is 11.4.